The van der Waals surface area contributed by atoms with Crippen LogP contribution in [0.4, 0.5) is 17.1 Å². The summed E-state index contributed by atoms with van der Waals surface area (Å²) in [5.41, 5.74) is 3.82. The minimum atomic E-state index is -4.09. The zero-order valence-corrected chi connectivity index (χ0v) is 15.8. The number of halogens is 1. The highest BCUT2D eigenvalue weighted by molar-refractivity contribution is 7.92. The minimum absolute atomic E-state index is 0.168. The zero-order chi connectivity index (χ0) is 19.4. The van der Waals surface area contributed by atoms with Crippen LogP contribution in [0.5, 0.6) is 0 Å². The lowest BCUT2D eigenvalue weighted by molar-refractivity contribution is -0.385. The molecule has 0 bridgehead atoms. The number of anilines is 2. The maximum Gasteiger partial charge on any atom is 0.270 e. The van der Waals surface area contributed by atoms with E-state index < -0.39 is 14.9 Å². The molecule has 0 atom stereocenters. The van der Waals surface area contributed by atoms with Crippen molar-refractivity contribution in [1.82, 2.24) is 0 Å². The van der Waals surface area contributed by atoms with Crippen molar-refractivity contribution in [3.63, 3.8) is 0 Å². The largest absolute Gasteiger partial charge is 0.280 e. The van der Waals surface area contributed by atoms with E-state index in [2.05, 4.69) is 15.2 Å². The van der Waals surface area contributed by atoms with Gasteiger partial charge in [-0.1, -0.05) is 11.6 Å². The Morgan fingerprint density at radius 2 is 1.74 bits per heavy atom. The van der Waals surface area contributed by atoms with Crippen molar-refractivity contribution in [3.8, 4) is 0 Å². The van der Waals surface area contributed by atoms with Gasteiger partial charge in [0.1, 0.15) is 4.90 Å². The third-order valence-electron chi connectivity index (χ3n) is 4.08. The highest BCUT2D eigenvalue weighted by Gasteiger charge is 2.23. The number of non-ortho nitro benzene ring substituents is 1. The van der Waals surface area contributed by atoms with Gasteiger partial charge in [0.15, 0.2) is 0 Å². The highest BCUT2D eigenvalue weighted by atomic mass is 35.5. The van der Waals surface area contributed by atoms with Gasteiger partial charge in [-0.25, -0.2) is 8.42 Å². The first-order valence-electron chi connectivity index (χ1n) is 8.23. The summed E-state index contributed by atoms with van der Waals surface area (Å²) in [6.07, 6.45) is 3.80. The summed E-state index contributed by atoms with van der Waals surface area (Å²) in [6.45, 7) is 0. The van der Waals surface area contributed by atoms with Crippen LogP contribution in [0, 0.1) is 10.1 Å². The van der Waals surface area contributed by atoms with Crippen LogP contribution in [0.3, 0.4) is 0 Å². The number of sulfonamides is 1. The van der Waals surface area contributed by atoms with Gasteiger partial charge in [-0.15, -0.1) is 0 Å². The summed E-state index contributed by atoms with van der Waals surface area (Å²) >= 11 is 5.81. The van der Waals surface area contributed by atoms with E-state index in [4.69, 9.17) is 11.6 Å². The van der Waals surface area contributed by atoms with E-state index in [9.17, 15) is 18.5 Å². The van der Waals surface area contributed by atoms with Crippen molar-refractivity contribution in [2.24, 2.45) is 5.10 Å². The predicted molar refractivity (Wildman–Crippen MR) is 105 cm³/mol. The number of rotatable bonds is 6. The number of nitro groups is 1. The first-order chi connectivity index (χ1) is 12.8. The van der Waals surface area contributed by atoms with Crippen LogP contribution in [-0.4, -0.2) is 19.1 Å². The monoisotopic (exact) mass is 408 g/mol. The second-order valence-corrected chi connectivity index (χ2v) is 8.13. The van der Waals surface area contributed by atoms with Crippen LogP contribution in [0.2, 0.25) is 5.02 Å². The van der Waals surface area contributed by atoms with Crippen LogP contribution in [0.25, 0.3) is 0 Å². The van der Waals surface area contributed by atoms with Crippen molar-refractivity contribution in [2.75, 3.05) is 10.1 Å². The van der Waals surface area contributed by atoms with Gasteiger partial charge in [0, 0.05) is 28.6 Å². The van der Waals surface area contributed by atoms with Crippen LogP contribution in [0.1, 0.15) is 25.7 Å². The molecule has 0 heterocycles. The molecule has 8 nitrogen and oxygen atoms in total. The van der Waals surface area contributed by atoms with Gasteiger partial charge < -0.3 is 0 Å². The average Bonchev–Trinajstić information content (AvgIpc) is 3.15. The molecule has 0 radical (unpaired) electrons. The SMILES string of the molecule is O=[N+]([O-])c1ccc(NN=C2CCCC2)c(S(=O)(=O)Nc2ccc(Cl)cc2)c1. The molecule has 3 rings (SSSR count). The van der Waals surface area contributed by atoms with Crippen molar-refractivity contribution in [2.45, 2.75) is 30.6 Å². The number of benzene rings is 2. The number of hydrogen-bond donors (Lipinski definition) is 2. The third-order valence-corrected chi connectivity index (χ3v) is 5.75. The summed E-state index contributed by atoms with van der Waals surface area (Å²) in [5.74, 6) is 0. The molecular formula is C17H17ClN4O4S. The summed E-state index contributed by atoms with van der Waals surface area (Å²) in [7, 11) is -4.09. The highest BCUT2D eigenvalue weighted by Crippen LogP contribution is 2.29. The smallest absolute Gasteiger partial charge is 0.270 e. The molecule has 2 aromatic rings. The average molecular weight is 409 g/mol. The lowest BCUT2D eigenvalue weighted by Crippen LogP contribution is -2.15. The molecule has 1 saturated carbocycles. The first kappa shape index (κ1) is 19.1. The Balaban J connectivity index is 1.96. The molecule has 1 aliphatic rings. The normalized spacial score (nSPS) is 14.0. The third kappa shape index (κ3) is 4.75. The molecule has 0 amide bonds. The van der Waals surface area contributed by atoms with Gasteiger partial charge in [0.05, 0.1) is 10.6 Å². The molecule has 10 heteroatoms. The summed E-state index contributed by atoms with van der Waals surface area (Å²) in [5, 5.41) is 15.8. The molecule has 27 heavy (non-hydrogen) atoms. The van der Waals surface area contributed by atoms with E-state index >= 15 is 0 Å². The van der Waals surface area contributed by atoms with Crippen LogP contribution >= 0.6 is 11.6 Å². The fourth-order valence-electron chi connectivity index (χ4n) is 2.70. The van der Waals surface area contributed by atoms with Gasteiger partial charge in [0.2, 0.25) is 0 Å². The molecule has 142 valence electrons. The quantitative estimate of drug-likeness (QED) is 0.543. The van der Waals surface area contributed by atoms with Gasteiger partial charge in [-0.3, -0.25) is 20.3 Å². The summed E-state index contributed by atoms with van der Waals surface area (Å²) in [6, 6.07) is 9.67. The lowest BCUT2D eigenvalue weighted by Gasteiger charge is -2.12. The Hall–Kier alpha value is -2.65. The molecule has 0 spiro atoms. The molecule has 1 aliphatic carbocycles. The second-order valence-electron chi connectivity index (χ2n) is 6.05. The maximum absolute atomic E-state index is 12.8. The van der Waals surface area contributed by atoms with E-state index in [0.29, 0.717) is 10.7 Å². The lowest BCUT2D eigenvalue weighted by atomic mass is 10.3. The maximum atomic E-state index is 12.8. The molecule has 0 unspecified atom stereocenters. The molecule has 0 aliphatic heterocycles. The van der Waals surface area contributed by atoms with Crippen LogP contribution < -0.4 is 10.1 Å². The summed E-state index contributed by atoms with van der Waals surface area (Å²) < 4.78 is 28.0. The van der Waals surface area contributed by atoms with Gasteiger partial charge >= 0.3 is 0 Å². The van der Waals surface area contributed by atoms with Crippen molar-refractivity contribution in [3.05, 3.63) is 57.6 Å². The standard InChI is InChI=1S/C17H17ClN4O4S/c18-12-5-7-14(8-6-12)21-27(25,26)17-11-15(22(23)24)9-10-16(17)20-19-13-3-1-2-4-13/h5-11,20-21H,1-4H2. The number of nitrogens with zero attached hydrogens (tertiary/aromatic N) is 2. The van der Waals surface area contributed by atoms with E-state index in [0.717, 1.165) is 37.5 Å². The first-order valence-corrected chi connectivity index (χ1v) is 10.1. The van der Waals surface area contributed by atoms with Gasteiger partial charge in [-0.2, -0.15) is 5.10 Å². The van der Waals surface area contributed by atoms with E-state index in [1.807, 2.05) is 0 Å². The fraction of sp³-hybridized carbons (Fsp3) is 0.235. The Labute approximate surface area is 161 Å². The molecule has 2 aromatic carbocycles. The number of hydrogen-bond acceptors (Lipinski definition) is 6. The Bertz CT molecular complexity index is 982. The molecular weight excluding hydrogens is 392 g/mol. The van der Waals surface area contributed by atoms with Crippen molar-refractivity contribution in [1.29, 1.82) is 0 Å². The number of hydrazone groups is 1. The van der Waals surface area contributed by atoms with E-state index in [1.54, 1.807) is 0 Å². The molecule has 1 fully saturated rings. The minimum Gasteiger partial charge on any atom is -0.280 e. The van der Waals surface area contributed by atoms with Crippen molar-refractivity contribution < 1.29 is 13.3 Å². The fourth-order valence-corrected chi connectivity index (χ4v) is 4.06. The number of nitrogens with one attached hydrogen (secondary N) is 2. The number of nitro benzene ring substituents is 1. The van der Waals surface area contributed by atoms with Crippen LogP contribution in [0.15, 0.2) is 52.5 Å². The van der Waals surface area contributed by atoms with Crippen molar-refractivity contribution >= 4 is 44.4 Å². The molecule has 0 saturated heterocycles. The Morgan fingerprint density at radius 3 is 2.37 bits per heavy atom. The predicted octanol–water partition coefficient (Wildman–Crippen LogP) is 4.39. The van der Waals surface area contributed by atoms with E-state index in [-0.39, 0.29) is 16.3 Å². The Morgan fingerprint density at radius 1 is 1.07 bits per heavy atom. The second kappa shape index (κ2) is 7.93. The molecule has 0 aromatic heterocycles. The van der Waals surface area contributed by atoms with Crippen LogP contribution in [-0.2, 0) is 10.0 Å². The summed E-state index contributed by atoms with van der Waals surface area (Å²) in [4.78, 5) is 10.2. The Kier molecular flexibility index (Phi) is 5.62. The molecule has 2 N–H and O–H groups in total. The topological polar surface area (TPSA) is 114 Å². The zero-order valence-electron chi connectivity index (χ0n) is 14.2. The van der Waals surface area contributed by atoms with E-state index in [1.165, 1.54) is 36.4 Å². The van der Waals surface area contributed by atoms with Gasteiger partial charge in [-0.05, 0) is 56.0 Å². The van der Waals surface area contributed by atoms with Gasteiger partial charge in [0.25, 0.3) is 15.7 Å².